The predicted molar refractivity (Wildman–Crippen MR) is 101 cm³/mol. The van der Waals surface area contributed by atoms with Crippen LogP contribution in [-0.2, 0) is 6.42 Å². The Morgan fingerprint density at radius 3 is 2.65 bits per heavy atom. The lowest BCUT2D eigenvalue weighted by Gasteiger charge is -2.06. The molecular weight excluding hydrogens is 349 g/mol. The zero-order chi connectivity index (χ0) is 18.1. The van der Waals surface area contributed by atoms with Gasteiger partial charge in [-0.2, -0.15) is 0 Å². The van der Waals surface area contributed by atoms with E-state index in [2.05, 4.69) is 4.98 Å². The van der Waals surface area contributed by atoms with E-state index in [1.807, 2.05) is 24.3 Å². The number of aromatic hydroxyl groups is 1. The number of hydrogen-bond donors (Lipinski definition) is 1. The molecule has 1 heterocycles. The Morgan fingerprint density at radius 1 is 1.04 bits per heavy atom. The summed E-state index contributed by atoms with van der Waals surface area (Å²) in [4.78, 5) is 16.8. The van der Waals surface area contributed by atoms with Crippen molar-refractivity contribution < 1.29 is 14.3 Å². The van der Waals surface area contributed by atoms with Crippen LogP contribution in [0.15, 0.2) is 66.7 Å². The third-order valence-electron chi connectivity index (χ3n) is 4.10. The molecule has 0 radical (unpaired) electrons. The Balaban J connectivity index is 1.60. The summed E-state index contributed by atoms with van der Waals surface area (Å²) in [5, 5.41) is 11.1. The van der Waals surface area contributed by atoms with Gasteiger partial charge in [0.2, 0.25) is 0 Å². The lowest BCUT2D eigenvalue weighted by atomic mass is 10.0. The minimum absolute atomic E-state index is 0.0774. The van der Waals surface area contributed by atoms with E-state index in [-0.39, 0.29) is 18.0 Å². The summed E-state index contributed by atoms with van der Waals surface area (Å²) in [5.74, 6) is -0.560. The molecule has 1 aromatic heterocycles. The third kappa shape index (κ3) is 3.21. The van der Waals surface area contributed by atoms with Gasteiger partial charge in [-0.3, -0.25) is 4.79 Å². The Hall–Kier alpha value is -3.05. The molecule has 4 rings (SSSR count). The van der Waals surface area contributed by atoms with Crippen LogP contribution >= 0.6 is 11.3 Å². The topological polar surface area (TPSA) is 50.2 Å². The molecule has 0 fully saturated rings. The van der Waals surface area contributed by atoms with Crippen molar-refractivity contribution in [2.45, 2.75) is 6.42 Å². The second-order valence-electron chi connectivity index (χ2n) is 5.95. The fourth-order valence-electron chi connectivity index (χ4n) is 2.80. The summed E-state index contributed by atoms with van der Waals surface area (Å²) < 4.78 is 14.3. The Morgan fingerprint density at radius 2 is 1.88 bits per heavy atom. The zero-order valence-electron chi connectivity index (χ0n) is 13.6. The minimum Gasteiger partial charge on any atom is -0.507 e. The van der Waals surface area contributed by atoms with Crippen LogP contribution in [0, 0.1) is 5.82 Å². The Kier molecular flexibility index (Phi) is 4.22. The molecule has 0 unspecified atom stereocenters. The molecule has 4 aromatic rings. The summed E-state index contributed by atoms with van der Waals surface area (Å²) in [6.07, 6.45) is 0.0944. The van der Waals surface area contributed by atoms with Gasteiger partial charge in [-0.05, 0) is 42.0 Å². The van der Waals surface area contributed by atoms with E-state index in [0.717, 1.165) is 15.2 Å². The van der Waals surface area contributed by atoms with Crippen LogP contribution in [0.1, 0.15) is 15.9 Å². The van der Waals surface area contributed by atoms with Crippen molar-refractivity contribution >= 4 is 27.3 Å². The van der Waals surface area contributed by atoms with Crippen molar-refractivity contribution in [3.63, 3.8) is 0 Å². The van der Waals surface area contributed by atoms with E-state index in [1.165, 1.54) is 29.5 Å². The highest BCUT2D eigenvalue weighted by Crippen LogP contribution is 2.35. The van der Waals surface area contributed by atoms with Gasteiger partial charge in [0.15, 0.2) is 5.78 Å². The molecule has 3 aromatic carbocycles. The molecule has 0 saturated heterocycles. The Bertz CT molecular complexity index is 1090. The van der Waals surface area contributed by atoms with E-state index in [9.17, 15) is 14.3 Å². The highest BCUT2D eigenvalue weighted by atomic mass is 32.1. The Labute approximate surface area is 153 Å². The molecule has 3 nitrogen and oxygen atoms in total. The van der Waals surface area contributed by atoms with Crippen LogP contribution in [0.4, 0.5) is 4.39 Å². The molecule has 0 aliphatic rings. The minimum atomic E-state index is -0.440. The van der Waals surface area contributed by atoms with Crippen molar-refractivity contribution in [2.24, 2.45) is 0 Å². The number of carbonyl (C=O) groups excluding carboxylic acids is 1. The first-order valence-corrected chi connectivity index (χ1v) is 8.88. The number of benzene rings is 3. The van der Waals surface area contributed by atoms with E-state index in [1.54, 1.807) is 24.3 Å². The first-order valence-electron chi connectivity index (χ1n) is 8.07. The number of aromatic nitrogens is 1. The first kappa shape index (κ1) is 16.4. The van der Waals surface area contributed by atoms with E-state index < -0.39 is 5.82 Å². The SMILES string of the molecule is O=C(Cc1ccc(-c2nc3ccccc3s2)c(O)c1)c1cccc(F)c1. The van der Waals surface area contributed by atoms with Crippen LogP contribution in [-0.4, -0.2) is 15.9 Å². The number of ketones is 1. The largest absolute Gasteiger partial charge is 0.507 e. The van der Waals surface area contributed by atoms with Crippen LogP contribution < -0.4 is 0 Å². The predicted octanol–water partition coefficient (Wildman–Crippen LogP) is 5.23. The highest BCUT2D eigenvalue weighted by Gasteiger charge is 2.13. The fraction of sp³-hybridized carbons (Fsp3) is 0.0476. The number of thiazole rings is 1. The van der Waals surface area contributed by atoms with Gasteiger partial charge in [-0.15, -0.1) is 11.3 Å². The zero-order valence-corrected chi connectivity index (χ0v) is 14.5. The third-order valence-corrected chi connectivity index (χ3v) is 5.17. The van der Waals surface area contributed by atoms with Gasteiger partial charge in [0, 0.05) is 12.0 Å². The summed E-state index contributed by atoms with van der Waals surface area (Å²) in [6, 6.07) is 18.5. The molecule has 1 N–H and O–H groups in total. The van der Waals surface area contributed by atoms with Gasteiger partial charge >= 0.3 is 0 Å². The number of hydrogen-bond acceptors (Lipinski definition) is 4. The molecule has 0 aliphatic heterocycles. The summed E-state index contributed by atoms with van der Waals surface area (Å²) in [6.45, 7) is 0. The van der Waals surface area contributed by atoms with E-state index in [4.69, 9.17) is 0 Å². The molecule has 5 heteroatoms. The lowest BCUT2D eigenvalue weighted by molar-refractivity contribution is 0.0992. The number of phenolic OH excluding ortho intramolecular Hbond substituents is 1. The number of carbonyl (C=O) groups is 1. The summed E-state index contributed by atoms with van der Waals surface area (Å²) in [5.41, 5.74) is 2.51. The van der Waals surface area contributed by atoms with Crippen molar-refractivity contribution in [3.05, 3.63) is 83.7 Å². The number of halogens is 1. The van der Waals surface area contributed by atoms with Crippen molar-refractivity contribution in [3.8, 4) is 16.3 Å². The molecular formula is C21H14FNO2S. The number of rotatable bonds is 4. The maximum atomic E-state index is 13.3. The van der Waals surface area contributed by atoms with Gasteiger partial charge < -0.3 is 5.11 Å². The first-order chi connectivity index (χ1) is 12.6. The average Bonchev–Trinajstić information content (AvgIpc) is 3.05. The fourth-order valence-corrected chi connectivity index (χ4v) is 3.80. The quantitative estimate of drug-likeness (QED) is 0.505. The summed E-state index contributed by atoms with van der Waals surface area (Å²) in [7, 11) is 0. The van der Waals surface area contributed by atoms with Crippen molar-refractivity contribution in [1.29, 1.82) is 0 Å². The molecule has 0 atom stereocenters. The number of Topliss-reactive ketones (excluding diaryl/α,β-unsaturated/α-hetero) is 1. The molecule has 128 valence electrons. The van der Waals surface area contributed by atoms with E-state index in [0.29, 0.717) is 16.7 Å². The molecule has 0 aliphatic carbocycles. The van der Waals surface area contributed by atoms with Gasteiger partial charge in [-0.25, -0.2) is 9.37 Å². The monoisotopic (exact) mass is 363 g/mol. The molecule has 26 heavy (non-hydrogen) atoms. The van der Waals surface area contributed by atoms with Crippen LogP contribution in [0.5, 0.6) is 5.75 Å². The van der Waals surface area contributed by atoms with Gasteiger partial charge in [-0.1, -0.05) is 30.3 Å². The maximum absolute atomic E-state index is 13.3. The standard InChI is InChI=1S/C21H14FNO2S/c22-15-5-3-4-14(12-15)18(24)10-13-8-9-16(19(25)11-13)21-23-17-6-1-2-7-20(17)26-21/h1-9,11-12,25H,10H2. The summed E-state index contributed by atoms with van der Waals surface area (Å²) >= 11 is 1.50. The average molecular weight is 363 g/mol. The number of para-hydroxylation sites is 1. The molecule has 0 amide bonds. The number of nitrogens with zero attached hydrogens (tertiary/aromatic N) is 1. The second-order valence-corrected chi connectivity index (χ2v) is 6.98. The lowest BCUT2D eigenvalue weighted by Crippen LogP contribution is -2.03. The van der Waals surface area contributed by atoms with Crippen LogP contribution in [0.2, 0.25) is 0 Å². The second kappa shape index (κ2) is 6.69. The number of fused-ring (bicyclic) bond motifs is 1. The van der Waals surface area contributed by atoms with Crippen molar-refractivity contribution in [2.75, 3.05) is 0 Å². The molecule has 0 spiro atoms. The highest BCUT2D eigenvalue weighted by molar-refractivity contribution is 7.21. The van der Waals surface area contributed by atoms with Crippen molar-refractivity contribution in [1.82, 2.24) is 4.98 Å². The molecule has 0 saturated carbocycles. The smallest absolute Gasteiger partial charge is 0.167 e. The van der Waals surface area contributed by atoms with Gasteiger partial charge in [0.05, 0.1) is 15.8 Å². The number of phenols is 1. The maximum Gasteiger partial charge on any atom is 0.167 e. The van der Waals surface area contributed by atoms with Gasteiger partial charge in [0.1, 0.15) is 16.6 Å². The van der Waals surface area contributed by atoms with Crippen LogP contribution in [0.25, 0.3) is 20.8 Å². The van der Waals surface area contributed by atoms with Crippen LogP contribution in [0.3, 0.4) is 0 Å². The molecule has 0 bridgehead atoms. The normalized spacial score (nSPS) is 11.0. The van der Waals surface area contributed by atoms with Gasteiger partial charge in [0.25, 0.3) is 0 Å². The van der Waals surface area contributed by atoms with E-state index >= 15 is 0 Å².